The second-order valence-corrected chi connectivity index (χ2v) is 5.52. The van der Waals surface area contributed by atoms with E-state index in [1.165, 1.54) is 0 Å². The molecule has 1 fully saturated rings. The maximum absolute atomic E-state index is 11.9. The number of carbonyl (C=O) groups is 1. The van der Waals surface area contributed by atoms with Gasteiger partial charge in [-0.1, -0.05) is 0 Å². The van der Waals surface area contributed by atoms with Crippen LogP contribution < -0.4 is 5.32 Å². The Hall–Kier alpha value is -0.590. The van der Waals surface area contributed by atoms with E-state index in [0.717, 1.165) is 36.9 Å². The maximum atomic E-state index is 11.9. The maximum Gasteiger partial charge on any atom is 0.223 e. The highest BCUT2D eigenvalue weighted by Crippen LogP contribution is 2.23. The number of carbonyl (C=O) groups excluding carboxylic acids is 1. The average molecular weight is 352 g/mol. The second kappa shape index (κ2) is 7.87. The quantitative estimate of drug-likeness (QED) is 0.900. The van der Waals surface area contributed by atoms with Crippen LogP contribution in [0.4, 0.5) is 0 Å². The molecule has 0 unspecified atom stereocenters. The lowest BCUT2D eigenvalue weighted by Gasteiger charge is -2.32. The molecule has 0 atom stereocenters. The van der Waals surface area contributed by atoms with Crippen LogP contribution in [0.2, 0.25) is 0 Å². The van der Waals surface area contributed by atoms with Crippen molar-refractivity contribution in [2.75, 3.05) is 26.7 Å². The normalized spacial score (nSPS) is 16.2. The topological polar surface area (TPSA) is 50.2 Å². The van der Waals surface area contributed by atoms with Crippen LogP contribution in [0.25, 0.3) is 0 Å². The van der Waals surface area contributed by atoms with E-state index in [-0.39, 0.29) is 18.3 Å². The molecule has 0 aromatic carbocycles. The van der Waals surface area contributed by atoms with Crippen LogP contribution in [-0.4, -0.2) is 47.3 Å². The molecular weight excluding hydrogens is 332 g/mol. The molecule has 0 saturated carbocycles. The van der Waals surface area contributed by atoms with Crippen LogP contribution in [0, 0.1) is 0 Å². The lowest BCUT2D eigenvalue weighted by atomic mass is 10.1. The molecule has 1 saturated heterocycles. The molecule has 0 spiro atoms. The van der Waals surface area contributed by atoms with E-state index in [1.807, 2.05) is 29.0 Å². The predicted octanol–water partition coefficient (Wildman–Crippen LogP) is 1.84. The van der Waals surface area contributed by atoms with Crippen LogP contribution in [-0.2, 0) is 4.79 Å². The molecule has 0 radical (unpaired) electrons. The Bertz CT molecular complexity index is 404. The van der Waals surface area contributed by atoms with Gasteiger partial charge in [-0.15, -0.1) is 12.4 Å². The third kappa shape index (κ3) is 4.47. The smallest absolute Gasteiger partial charge is 0.223 e. The summed E-state index contributed by atoms with van der Waals surface area (Å²) in [7, 11) is 1.87. The minimum atomic E-state index is 0. The van der Waals surface area contributed by atoms with Gasteiger partial charge in [0, 0.05) is 32.3 Å². The number of likely N-dealkylation sites (tertiary alicyclic amines) is 1. The van der Waals surface area contributed by atoms with Gasteiger partial charge in [0.15, 0.2) is 0 Å². The largest absolute Gasteiger partial charge is 0.343 e. The zero-order valence-corrected chi connectivity index (χ0v) is 13.4. The van der Waals surface area contributed by atoms with Gasteiger partial charge in [-0.3, -0.25) is 9.48 Å². The van der Waals surface area contributed by atoms with E-state index in [9.17, 15) is 4.79 Å². The first-order chi connectivity index (χ1) is 8.70. The lowest BCUT2D eigenvalue weighted by Crippen LogP contribution is -2.40. The third-order valence-electron chi connectivity index (χ3n) is 3.35. The van der Waals surface area contributed by atoms with Crippen LogP contribution in [0.5, 0.6) is 0 Å². The number of piperidine rings is 1. The van der Waals surface area contributed by atoms with E-state index in [4.69, 9.17) is 0 Å². The Balaban J connectivity index is 0.00000180. The molecular formula is C12H20BrClN4O. The van der Waals surface area contributed by atoms with Crippen LogP contribution in [0.3, 0.4) is 0 Å². The second-order valence-electron chi connectivity index (χ2n) is 4.60. The van der Waals surface area contributed by atoms with Gasteiger partial charge in [0.1, 0.15) is 0 Å². The number of halogens is 2. The molecule has 2 rings (SSSR count). The van der Waals surface area contributed by atoms with Crippen molar-refractivity contribution in [3.63, 3.8) is 0 Å². The standard InChI is InChI=1S/C12H19BrN4O.ClH/c1-14-5-2-12(18)16-6-3-11(4-7-16)17-9-10(13)8-15-17;/h8-9,11,14H,2-7H2,1H3;1H. The molecule has 5 nitrogen and oxygen atoms in total. The molecule has 1 amide bonds. The number of hydrogen-bond donors (Lipinski definition) is 1. The van der Waals surface area contributed by atoms with Gasteiger partial charge in [-0.25, -0.2) is 0 Å². The number of amides is 1. The SMILES string of the molecule is CNCCC(=O)N1CCC(n2cc(Br)cn2)CC1.Cl. The van der Waals surface area contributed by atoms with Crippen molar-refractivity contribution in [2.24, 2.45) is 0 Å². The fourth-order valence-corrected chi connectivity index (χ4v) is 2.59. The van der Waals surface area contributed by atoms with Gasteiger partial charge in [-0.05, 0) is 35.8 Å². The van der Waals surface area contributed by atoms with Gasteiger partial charge in [0.25, 0.3) is 0 Å². The fraction of sp³-hybridized carbons (Fsp3) is 0.667. The van der Waals surface area contributed by atoms with Crippen LogP contribution >= 0.6 is 28.3 Å². The van der Waals surface area contributed by atoms with Crippen LogP contribution in [0.15, 0.2) is 16.9 Å². The highest BCUT2D eigenvalue weighted by Gasteiger charge is 2.23. The monoisotopic (exact) mass is 350 g/mol. The Morgan fingerprint density at radius 2 is 2.21 bits per heavy atom. The predicted molar refractivity (Wildman–Crippen MR) is 80.6 cm³/mol. The Morgan fingerprint density at radius 1 is 1.53 bits per heavy atom. The van der Waals surface area contributed by atoms with Crippen molar-refractivity contribution in [1.29, 1.82) is 0 Å². The molecule has 1 N–H and O–H groups in total. The molecule has 19 heavy (non-hydrogen) atoms. The number of rotatable bonds is 4. The molecule has 108 valence electrons. The minimum Gasteiger partial charge on any atom is -0.343 e. The fourth-order valence-electron chi connectivity index (χ4n) is 2.28. The molecule has 1 aliphatic rings. The van der Waals surface area contributed by atoms with Crippen molar-refractivity contribution in [3.05, 3.63) is 16.9 Å². The summed E-state index contributed by atoms with van der Waals surface area (Å²) in [6.07, 6.45) is 6.38. The molecule has 2 heterocycles. The first-order valence-electron chi connectivity index (χ1n) is 6.32. The van der Waals surface area contributed by atoms with Crippen molar-refractivity contribution in [3.8, 4) is 0 Å². The summed E-state index contributed by atoms with van der Waals surface area (Å²) in [5.74, 6) is 0.254. The van der Waals surface area contributed by atoms with Crippen molar-refractivity contribution in [2.45, 2.75) is 25.3 Å². The first kappa shape index (κ1) is 16.5. The first-order valence-corrected chi connectivity index (χ1v) is 7.12. The van der Waals surface area contributed by atoms with Crippen molar-refractivity contribution >= 4 is 34.2 Å². The minimum absolute atomic E-state index is 0. The van der Waals surface area contributed by atoms with Crippen molar-refractivity contribution < 1.29 is 4.79 Å². The van der Waals surface area contributed by atoms with Gasteiger partial charge in [0.05, 0.1) is 16.7 Å². The number of nitrogens with zero attached hydrogens (tertiary/aromatic N) is 3. The Kier molecular flexibility index (Phi) is 6.82. The van der Waals surface area contributed by atoms with Gasteiger partial charge < -0.3 is 10.2 Å². The average Bonchev–Trinajstić information content (AvgIpc) is 2.83. The molecule has 1 aromatic heterocycles. The Morgan fingerprint density at radius 3 is 2.74 bits per heavy atom. The zero-order valence-electron chi connectivity index (χ0n) is 11.0. The summed E-state index contributed by atoms with van der Waals surface area (Å²) in [5, 5.41) is 7.32. The summed E-state index contributed by atoms with van der Waals surface area (Å²) >= 11 is 3.41. The zero-order chi connectivity index (χ0) is 13.0. The van der Waals surface area contributed by atoms with E-state index in [1.54, 1.807) is 0 Å². The number of hydrogen-bond acceptors (Lipinski definition) is 3. The molecule has 1 aromatic rings. The summed E-state index contributed by atoms with van der Waals surface area (Å²) in [4.78, 5) is 13.8. The highest BCUT2D eigenvalue weighted by atomic mass is 79.9. The summed E-state index contributed by atoms with van der Waals surface area (Å²) in [5.41, 5.74) is 0. The molecule has 0 aliphatic carbocycles. The Labute approximate surface area is 128 Å². The summed E-state index contributed by atoms with van der Waals surface area (Å²) in [6.45, 7) is 2.43. The highest BCUT2D eigenvalue weighted by molar-refractivity contribution is 9.10. The third-order valence-corrected chi connectivity index (χ3v) is 3.76. The summed E-state index contributed by atoms with van der Waals surface area (Å²) in [6, 6.07) is 0.421. The molecule has 1 aliphatic heterocycles. The summed E-state index contributed by atoms with van der Waals surface area (Å²) < 4.78 is 3.01. The van der Waals surface area contributed by atoms with E-state index < -0.39 is 0 Å². The number of aromatic nitrogens is 2. The van der Waals surface area contributed by atoms with Crippen molar-refractivity contribution in [1.82, 2.24) is 20.0 Å². The molecule has 0 bridgehead atoms. The lowest BCUT2D eigenvalue weighted by molar-refractivity contribution is -0.132. The van der Waals surface area contributed by atoms with E-state index >= 15 is 0 Å². The number of nitrogens with one attached hydrogen (secondary N) is 1. The van der Waals surface area contributed by atoms with Crippen LogP contribution in [0.1, 0.15) is 25.3 Å². The van der Waals surface area contributed by atoms with Gasteiger partial charge in [0.2, 0.25) is 5.91 Å². The van der Waals surface area contributed by atoms with Gasteiger partial charge >= 0.3 is 0 Å². The molecule has 7 heteroatoms. The van der Waals surface area contributed by atoms with E-state index in [2.05, 4.69) is 26.3 Å². The van der Waals surface area contributed by atoms with Gasteiger partial charge in [-0.2, -0.15) is 5.10 Å². The van der Waals surface area contributed by atoms with E-state index in [0.29, 0.717) is 12.5 Å².